The predicted molar refractivity (Wildman–Crippen MR) is 109 cm³/mol. The van der Waals surface area contributed by atoms with Crippen LogP contribution < -0.4 is 11.1 Å². The van der Waals surface area contributed by atoms with Crippen molar-refractivity contribution < 1.29 is 35.9 Å². The fourth-order valence-corrected chi connectivity index (χ4v) is 4.37. The highest BCUT2D eigenvalue weighted by Crippen LogP contribution is 2.40. The SMILES string of the molecule is Cc1cc(C(F)(F)F)n2nc(C(=O)Nc3c(C(N)=O)sc4nc(C(F)(F)F)cc(C)c34)cc2n1. The highest BCUT2D eigenvalue weighted by atomic mass is 32.1. The van der Waals surface area contributed by atoms with E-state index in [9.17, 15) is 35.9 Å². The Kier molecular flexibility index (Phi) is 5.27. The molecule has 0 fully saturated rings. The van der Waals surface area contributed by atoms with Crippen molar-refractivity contribution in [3.8, 4) is 0 Å². The van der Waals surface area contributed by atoms with Crippen molar-refractivity contribution in [2.75, 3.05) is 5.32 Å². The van der Waals surface area contributed by atoms with Gasteiger partial charge >= 0.3 is 12.4 Å². The van der Waals surface area contributed by atoms with Crippen LogP contribution in [-0.4, -0.2) is 31.4 Å². The number of nitrogens with two attached hydrogens (primary N) is 1. The van der Waals surface area contributed by atoms with E-state index >= 15 is 0 Å². The first-order valence-corrected chi connectivity index (χ1v) is 10.1. The molecule has 0 aliphatic carbocycles. The average molecular weight is 502 g/mol. The topological polar surface area (TPSA) is 115 Å². The molecular weight excluding hydrogens is 490 g/mol. The zero-order valence-electron chi connectivity index (χ0n) is 17.1. The molecule has 0 aliphatic heterocycles. The minimum absolute atomic E-state index is 0.0358. The van der Waals surface area contributed by atoms with Crippen LogP contribution in [-0.2, 0) is 12.4 Å². The van der Waals surface area contributed by atoms with Crippen LogP contribution in [0.3, 0.4) is 0 Å². The number of hydrogen-bond donors (Lipinski definition) is 2. The highest BCUT2D eigenvalue weighted by molar-refractivity contribution is 7.21. The van der Waals surface area contributed by atoms with Crippen LogP contribution in [0.15, 0.2) is 18.2 Å². The van der Waals surface area contributed by atoms with E-state index in [-0.39, 0.29) is 37.7 Å². The summed E-state index contributed by atoms with van der Waals surface area (Å²) in [7, 11) is 0. The molecule has 4 heterocycles. The third-order valence-electron chi connectivity index (χ3n) is 4.69. The summed E-state index contributed by atoms with van der Waals surface area (Å²) >= 11 is 0.539. The second kappa shape index (κ2) is 7.65. The minimum Gasteiger partial charge on any atom is -0.365 e. The third-order valence-corrected chi connectivity index (χ3v) is 5.79. The van der Waals surface area contributed by atoms with E-state index in [1.807, 2.05) is 0 Å². The molecule has 4 rings (SSSR count). The number of primary amides is 1. The number of nitrogens with one attached hydrogen (secondary N) is 1. The van der Waals surface area contributed by atoms with Gasteiger partial charge in [0, 0.05) is 17.1 Å². The summed E-state index contributed by atoms with van der Waals surface area (Å²) in [5.41, 5.74) is 2.10. The number of carbonyl (C=O) groups excluding carboxylic acids is 2. The molecule has 15 heteroatoms. The summed E-state index contributed by atoms with van der Waals surface area (Å²) in [5.74, 6) is -2.07. The lowest BCUT2D eigenvalue weighted by Gasteiger charge is -2.09. The molecule has 2 amide bonds. The Morgan fingerprint density at radius 3 is 2.29 bits per heavy atom. The first kappa shape index (κ1) is 23.4. The van der Waals surface area contributed by atoms with Gasteiger partial charge in [0.25, 0.3) is 11.8 Å². The average Bonchev–Trinajstić information content (AvgIpc) is 3.27. The minimum atomic E-state index is -4.78. The third kappa shape index (κ3) is 4.02. The molecule has 0 unspecified atom stereocenters. The molecule has 0 saturated heterocycles. The smallest absolute Gasteiger partial charge is 0.365 e. The quantitative estimate of drug-likeness (QED) is 0.405. The Labute approximate surface area is 189 Å². The zero-order valence-corrected chi connectivity index (χ0v) is 17.9. The molecule has 8 nitrogen and oxygen atoms in total. The van der Waals surface area contributed by atoms with Crippen LogP contribution in [0, 0.1) is 13.8 Å². The molecule has 178 valence electrons. The number of amides is 2. The lowest BCUT2D eigenvalue weighted by Crippen LogP contribution is -2.18. The first-order chi connectivity index (χ1) is 15.7. The van der Waals surface area contributed by atoms with Crippen LogP contribution >= 0.6 is 11.3 Å². The van der Waals surface area contributed by atoms with E-state index in [1.54, 1.807) is 0 Å². The number of carbonyl (C=O) groups is 2. The molecule has 0 saturated carbocycles. The van der Waals surface area contributed by atoms with Gasteiger partial charge in [-0.25, -0.2) is 14.5 Å². The van der Waals surface area contributed by atoms with Crippen LogP contribution in [0.4, 0.5) is 32.0 Å². The molecule has 0 aromatic carbocycles. The molecule has 0 bridgehead atoms. The van der Waals surface area contributed by atoms with Crippen molar-refractivity contribution >= 4 is 44.7 Å². The maximum Gasteiger partial charge on any atom is 0.433 e. The predicted octanol–water partition coefficient (Wildman–Crippen LogP) is 4.34. The van der Waals surface area contributed by atoms with Gasteiger partial charge < -0.3 is 11.1 Å². The van der Waals surface area contributed by atoms with Crippen LogP contribution in [0.25, 0.3) is 15.9 Å². The highest BCUT2D eigenvalue weighted by Gasteiger charge is 2.36. The maximum atomic E-state index is 13.4. The summed E-state index contributed by atoms with van der Waals surface area (Å²) in [6.07, 6.45) is -9.54. The van der Waals surface area contributed by atoms with Crippen molar-refractivity contribution in [2.24, 2.45) is 5.73 Å². The number of rotatable bonds is 3. The summed E-state index contributed by atoms with van der Waals surface area (Å²) < 4.78 is 79.9. The van der Waals surface area contributed by atoms with Gasteiger partial charge in [-0.3, -0.25) is 9.59 Å². The Hall–Kier alpha value is -3.75. The second-order valence-electron chi connectivity index (χ2n) is 7.21. The number of halogens is 6. The van der Waals surface area contributed by atoms with Gasteiger partial charge in [-0.05, 0) is 31.5 Å². The van der Waals surface area contributed by atoms with Crippen LogP contribution in [0.1, 0.15) is 42.8 Å². The summed E-state index contributed by atoms with van der Waals surface area (Å²) in [6.45, 7) is 2.66. The molecule has 0 atom stereocenters. The van der Waals surface area contributed by atoms with Gasteiger partial charge in [0.2, 0.25) is 0 Å². The molecule has 4 aromatic heterocycles. The monoisotopic (exact) mass is 502 g/mol. The second-order valence-corrected chi connectivity index (χ2v) is 8.21. The van der Waals surface area contributed by atoms with Crippen LogP contribution in [0.2, 0.25) is 0 Å². The number of hydrogen-bond acceptors (Lipinski definition) is 6. The molecule has 4 aromatic rings. The first-order valence-electron chi connectivity index (χ1n) is 9.24. The maximum absolute atomic E-state index is 13.4. The molecule has 0 aliphatic rings. The van der Waals surface area contributed by atoms with E-state index in [1.165, 1.54) is 13.8 Å². The zero-order chi connectivity index (χ0) is 25.2. The standard InChI is InChI=1S/C19H12F6N6O2S/c1-6-3-9(18(20,21)22)28-17-12(6)13(14(34-17)15(26)32)29-16(33)8-5-11-27-7(2)4-10(19(23,24)25)31(11)30-8/h3-5H,1-2H3,(H2,26,32)(H,29,33). The largest absolute Gasteiger partial charge is 0.433 e. The van der Waals surface area contributed by atoms with Crippen molar-refractivity contribution in [2.45, 2.75) is 26.2 Å². The summed E-state index contributed by atoms with van der Waals surface area (Å²) in [5, 5.41) is 6.03. The van der Waals surface area contributed by atoms with E-state index in [4.69, 9.17) is 5.73 Å². The van der Waals surface area contributed by atoms with Gasteiger partial charge in [-0.15, -0.1) is 11.3 Å². The Bertz CT molecular complexity index is 1490. The van der Waals surface area contributed by atoms with Crippen LogP contribution in [0.5, 0.6) is 0 Å². The molecular formula is C19H12F6N6O2S. The Balaban J connectivity index is 1.82. The summed E-state index contributed by atoms with van der Waals surface area (Å²) in [4.78, 5) is 31.7. The lowest BCUT2D eigenvalue weighted by molar-refractivity contribution is -0.143. The number of fused-ring (bicyclic) bond motifs is 2. The number of thiophene rings is 1. The van der Waals surface area contributed by atoms with Crippen molar-refractivity contribution in [1.29, 1.82) is 0 Å². The van der Waals surface area contributed by atoms with Gasteiger partial charge in [-0.2, -0.15) is 31.4 Å². The Morgan fingerprint density at radius 2 is 1.71 bits per heavy atom. The number of pyridine rings is 1. The van der Waals surface area contributed by atoms with Gasteiger partial charge in [0.15, 0.2) is 11.3 Å². The van der Waals surface area contributed by atoms with E-state index in [2.05, 4.69) is 20.4 Å². The number of aryl methyl sites for hydroxylation is 2. The van der Waals surface area contributed by atoms with Crippen molar-refractivity contribution in [3.63, 3.8) is 0 Å². The van der Waals surface area contributed by atoms with E-state index in [0.717, 1.165) is 18.2 Å². The molecule has 0 spiro atoms. The molecule has 0 radical (unpaired) electrons. The van der Waals surface area contributed by atoms with Crippen molar-refractivity contribution in [3.05, 3.63) is 51.4 Å². The fourth-order valence-electron chi connectivity index (χ4n) is 3.31. The number of anilines is 1. The summed E-state index contributed by atoms with van der Waals surface area (Å²) in [6, 6.07) is 2.50. The number of alkyl halides is 6. The van der Waals surface area contributed by atoms with E-state index in [0.29, 0.717) is 15.9 Å². The number of nitrogens with zero attached hydrogens (tertiary/aromatic N) is 4. The Morgan fingerprint density at radius 1 is 1.03 bits per heavy atom. The molecule has 34 heavy (non-hydrogen) atoms. The van der Waals surface area contributed by atoms with Crippen molar-refractivity contribution in [1.82, 2.24) is 19.6 Å². The molecule has 3 N–H and O–H groups in total. The fraction of sp³-hybridized carbons (Fsp3) is 0.211. The van der Waals surface area contributed by atoms with Gasteiger partial charge in [0.1, 0.15) is 21.1 Å². The van der Waals surface area contributed by atoms with Gasteiger partial charge in [-0.1, -0.05) is 0 Å². The number of aromatic nitrogens is 4. The van der Waals surface area contributed by atoms with E-state index < -0.39 is 41.2 Å². The lowest BCUT2D eigenvalue weighted by atomic mass is 10.1. The normalized spacial score (nSPS) is 12.5. The van der Waals surface area contributed by atoms with Gasteiger partial charge in [0.05, 0.1) is 5.69 Å².